The second kappa shape index (κ2) is 10.9. The van der Waals surface area contributed by atoms with Crippen LogP contribution in [-0.2, 0) is 0 Å². The number of rotatable bonds is 10. The number of amides is 2. The Balaban J connectivity index is 1.58. The molecule has 2 amide bonds. The largest absolute Gasteiger partial charge is 0.360 e. The average molecular weight is 459 g/mol. The molecule has 0 saturated carbocycles. The second-order valence-electron chi connectivity index (χ2n) is 8.40. The van der Waals surface area contributed by atoms with Crippen molar-refractivity contribution in [2.45, 2.75) is 45.6 Å². The zero-order chi connectivity index (χ0) is 23.8. The van der Waals surface area contributed by atoms with E-state index < -0.39 is 0 Å². The minimum atomic E-state index is -0.273. The van der Waals surface area contributed by atoms with Crippen molar-refractivity contribution < 1.29 is 4.79 Å². The lowest BCUT2D eigenvalue weighted by Crippen LogP contribution is -2.59. The number of hydrogen-bond acceptors (Lipinski definition) is 5. The molecule has 3 N–H and O–H groups in total. The first-order valence-electron chi connectivity index (χ1n) is 11.9. The monoisotopic (exact) mass is 458 g/mol. The molecule has 2 heterocycles. The number of carbonyl (C=O) groups excluding carboxylic acids is 1. The van der Waals surface area contributed by atoms with E-state index in [1.54, 1.807) is 18.6 Å². The van der Waals surface area contributed by atoms with Crippen LogP contribution >= 0.6 is 0 Å². The molecule has 0 radical (unpaired) electrons. The summed E-state index contributed by atoms with van der Waals surface area (Å²) in [5.74, 6) is 1.07. The number of aliphatic imine (C=N–C) groups is 1. The van der Waals surface area contributed by atoms with Gasteiger partial charge in [0.05, 0.1) is 6.04 Å². The predicted octanol–water partition coefficient (Wildman–Crippen LogP) is 5.76. The molecule has 2 atom stereocenters. The summed E-state index contributed by atoms with van der Waals surface area (Å²) in [5, 5.41) is 6.34. The molecule has 0 saturated heterocycles. The molecule has 8 heteroatoms. The zero-order valence-corrected chi connectivity index (χ0v) is 19.7. The molecule has 2 unspecified atom stereocenters. The molecule has 3 aromatic rings. The third-order valence-electron chi connectivity index (χ3n) is 5.87. The average Bonchev–Trinajstić information content (AvgIpc) is 3.24. The van der Waals surface area contributed by atoms with Crippen molar-refractivity contribution in [2.75, 3.05) is 11.9 Å². The van der Waals surface area contributed by atoms with Gasteiger partial charge in [-0.1, -0.05) is 73.2 Å². The van der Waals surface area contributed by atoms with E-state index in [1.807, 2.05) is 42.5 Å². The molecule has 4 rings (SSSR count). The Morgan fingerprint density at radius 3 is 2.62 bits per heavy atom. The predicted molar refractivity (Wildman–Crippen MR) is 137 cm³/mol. The normalized spacial score (nSPS) is 17.1. The van der Waals surface area contributed by atoms with Crippen molar-refractivity contribution in [3.05, 3.63) is 72.4 Å². The van der Waals surface area contributed by atoms with Gasteiger partial charge in [-0.25, -0.2) is 9.78 Å². The Bertz CT molecular complexity index is 1130. The van der Waals surface area contributed by atoms with Crippen molar-refractivity contribution >= 4 is 35.5 Å². The molecule has 34 heavy (non-hydrogen) atoms. The number of carbonyl (C=O) groups is 1. The summed E-state index contributed by atoms with van der Waals surface area (Å²) in [5.41, 5.74) is 5.83. The highest BCUT2D eigenvalue weighted by Crippen LogP contribution is 2.41. The number of hydrogen-bond donors (Lipinski definition) is 3. The van der Waals surface area contributed by atoms with Gasteiger partial charge in [0.2, 0.25) is 12.3 Å². The van der Waals surface area contributed by atoms with Crippen LogP contribution in [0.15, 0.2) is 71.9 Å². The molecule has 0 spiro atoms. The first kappa shape index (κ1) is 23.4. The third kappa shape index (κ3) is 5.23. The number of urea groups is 1. The van der Waals surface area contributed by atoms with Gasteiger partial charge in [0.1, 0.15) is 5.69 Å². The van der Waals surface area contributed by atoms with E-state index in [9.17, 15) is 4.79 Å². The first-order valence-corrected chi connectivity index (χ1v) is 11.9. The zero-order valence-electron chi connectivity index (χ0n) is 19.7. The Labute approximate surface area is 200 Å². The van der Waals surface area contributed by atoms with Crippen molar-refractivity contribution in [3.63, 3.8) is 0 Å². The van der Waals surface area contributed by atoms with Crippen LogP contribution in [0, 0.1) is 0 Å². The van der Waals surface area contributed by atoms with Gasteiger partial charge in [-0.15, -0.1) is 0 Å². The minimum Gasteiger partial charge on any atom is -0.348 e. The van der Waals surface area contributed by atoms with Crippen LogP contribution in [0.3, 0.4) is 0 Å². The van der Waals surface area contributed by atoms with Crippen LogP contribution in [0.4, 0.5) is 27.9 Å². The van der Waals surface area contributed by atoms with Gasteiger partial charge in [-0.2, -0.15) is 15.4 Å². The second-order valence-corrected chi connectivity index (χ2v) is 8.40. The standard InChI is InChI=1S/C26H31N7O/c1-3-4-5-11-17-28-26(34)32-33(19-29-22-14-9-10-15-23(22)33)24-16-18-27-25(31-24)30-20(2)21-12-7-6-8-13-21/h6-10,12-16,18-20H,3-5,11,17H2,1-2H3,(H2-,27,28,30,31,32,34)/p+1. The number of unbranched alkanes of at least 4 members (excludes halogenated alkanes) is 3. The molecule has 0 bridgehead atoms. The summed E-state index contributed by atoms with van der Waals surface area (Å²) in [7, 11) is 0. The van der Waals surface area contributed by atoms with Crippen molar-refractivity contribution in [1.29, 1.82) is 0 Å². The van der Waals surface area contributed by atoms with E-state index in [2.05, 4.69) is 52.0 Å². The molecule has 0 fully saturated rings. The highest BCUT2D eigenvalue weighted by molar-refractivity contribution is 5.96. The summed E-state index contributed by atoms with van der Waals surface area (Å²) in [6, 6.07) is 19.4. The van der Waals surface area contributed by atoms with E-state index in [-0.39, 0.29) is 16.7 Å². The van der Waals surface area contributed by atoms with E-state index in [1.165, 1.54) is 6.42 Å². The molecule has 176 valence electrons. The topological polar surface area (TPSA) is 91.3 Å². The number of aromatic nitrogens is 2. The summed E-state index contributed by atoms with van der Waals surface area (Å²) in [6.07, 6.45) is 7.77. The van der Waals surface area contributed by atoms with Gasteiger partial charge in [0, 0.05) is 24.9 Å². The minimum absolute atomic E-state index is 0.0174. The van der Waals surface area contributed by atoms with Gasteiger partial charge in [-0.05, 0) is 25.0 Å². The number of benzene rings is 2. The van der Waals surface area contributed by atoms with Crippen molar-refractivity contribution in [1.82, 2.24) is 25.3 Å². The summed E-state index contributed by atoms with van der Waals surface area (Å²) in [6.45, 7) is 4.85. The fourth-order valence-corrected chi connectivity index (χ4v) is 4.00. The lowest BCUT2D eigenvalue weighted by Gasteiger charge is -2.28. The molecule has 0 aliphatic carbocycles. The van der Waals surface area contributed by atoms with Gasteiger partial charge in [-0.3, -0.25) is 0 Å². The highest BCUT2D eigenvalue weighted by atomic mass is 16.2. The van der Waals surface area contributed by atoms with Crippen LogP contribution in [0.25, 0.3) is 0 Å². The van der Waals surface area contributed by atoms with Gasteiger partial charge < -0.3 is 10.6 Å². The number of quaternary nitrogens is 1. The molecular weight excluding hydrogens is 426 g/mol. The number of nitrogens with one attached hydrogen (secondary N) is 3. The molecule has 1 aromatic heterocycles. The van der Waals surface area contributed by atoms with Crippen molar-refractivity contribution in [2.24, 2.45) is 4.99 Å². The third-order valence-corrected chi connectivity index (χ3v) is 5.87. The lowest BCUT2D eigenvalue weighted by atomic mass is 10.1. The SMILES string of the molecule is CCCCCCNC(=O)N[N+]1(c2ccnc(NC(C)c3ccccc3)n2)C=Nc2ccccc21. The molecule has 2 aromatic carbocycles. The maximum absolute atomic E-state index is 12.9. The lowest BCUT2D eigenvalue weighted by molar-refractivity contribution is 0.229. The number of nitrogens with zero attached hydrogens (tertiary/aromatic N) is 4. The Hall–Kier alpha value is -3.78. The Kier molecular flexibility index (Phi) is 7.49. The van der Waals surface area contributed by atoms with Gasteiger partial charge in [0.25, 0.3) is 5.82 Å². The van der Waals surface area contributed by atoms with Crippen LogP contribution in [-0.4, -0.2) is 28.9 Å². The fraction of sp³-hybridized carbons (Fsp3) is 0.308. The highest BCUT2D eigenvalue weighted by Gasteiger charge is 2.43. The summed E-state index contributed by atoms with van der Waals surface area (Å²) < 4.78 is -0.117. The van der Waals surface area contributed by atoms with Crippen LogP contribution in [0.2, 0.25) is 0 Å². The Morgan fingerprint density at radius 2 is 1.79 bits per heavy atom. The molecular formula is C26H32N7O+. The van der Waals surface area contributed by atoms with Gasteiger partial charge in [0.15, 0.2) is 5.69 Å². The number of anilines is 1. The first-order chi connectivity index (χ1) is 16.6. The summed E-state index contributed by atoms with van der Waals surface area (Å²) >= 11 is 0. The van der Waals surface area contributed by atoms with Gasteiger partial charge >= 0.3 is 6.03 Å². The molecule has 8 nitrogen and oxygen atoms in total. The fourth-order valence-electron chi connectivity index (χ4n) is 4.00. The maximum Gasteiger partial charge on any atom is 0.360 e. The van der Waals surface area contributed by atoms with Crippen molar-refractivity contribution in [3.8, 4) is 0 Å². The Morgan fingerprint density at radius 1 is 1.00 bits per heavy atom. The quantitative estimate of drug-likeness (QED) is 0.266. The van der Waals surface area contributed by atoms with E-state index in [0.29, 0.717) is 18.3 Å². The number of para-hydroxylation sites is 2. The summed E-state index contributed by atoms with van der Waals surface area (Å²) in [4.78, 5) is 26.7. The maximum atomic E-state index is 12.9. The smallest absolute Gasteiger partial charge is 0.348 e. The van der Waals surface area contributed by atoms with E-state index in [4.69, 9.17) is 4.98 Å². The molecule has 1 aliphatic heterocycles. The van der Waals surface area contributed by atoms with E-state index in [0.717, 1.165) is 36.2 Å². The van der Waals surface area contributed by atoms with Crippen LogP contribution in [0.5, 0.6) is 0 Å². The van der Waals surface area contributed by atoms with E-state index >= 15 is 0 Å². The van der Waals surface area contributed by atoms with Crippen LogP contribution in [0.1, 0.15) is 51.1 Å². The van der Waals surface area contributed by atoms with Crippen LogP contribution < -0.4 is 20.7 Å². The molecule has 1 aliphatic rings. The number of fused-ring (bicyclic) bond motifs is 1.